The van der Waals surface area contributed by atoms with Gasteiger partial charge in [-0.15, -0.1) is 0 Å². The summed E-state index contributed by atoms with van der Waals surface area (Å²) in [6.45, 7) is 1.64. The Balaban J connectivity index is 2.23. The third-order valence-electron chi connectivity index (χ3n) is 4.76. The highest BCUT2D eigenvalue weighted by atomic mass is 16.5. The third kappa shape index (κ3) is 3.98. The van der Waals surface area contributed by atoms with E-state index in [0.29, 0.717) is 0 Å². The molecule has 3 rings (SSSR count). The number of hydrogen-bond acceptors (Lipinski definition) is 4. The normalized spacial score (nSPS) is 12.4. The standard InChI is InChI=1S/C24H25NO3/c1-2-28-23(27)22(18-26)25-24(19-12-6-3-7-13-19,20-14-8-4-9-15-20)21-16-10-5-11-17-21/h3-17,22,25-26H,2,18H2,1H3. The number of benzene rings is 3. The SMILES string of the molecule is CCOC(=O)C(CO)NC(c1ccccc1)(c1ccccc1)c1ccccc1. The van der Waals surface area contributed by atoms with Gasteiger partial charge in [0.25, 0.3) is 0 Å². The Bertz CT molecular complexity index is 769. The summed E-state index contributed by atoms with van der Waals surface area (Å²) in [4.78, 5) is 12.5. The van der Waals surface area contributed by atoms with E-state index in [1.54, 1.807) is 6.92 Å². The van der Waals surface area contributed by atoms with Crippen molar-refractivity contribution in [2.24, 2.45) is 0 Å². The zero-order valence-electron chi connectivity index (χ0n) is 15.9. The van der Waals surface area contributed by atoms with Gasteiger partial charge in [0.2, 0.25) is 0 Å². The van der Waals surface area contributed by atoms with Gasteiger partial charge in [0.15, 0.2) is 0 Å². The van der Waals surface area contributed by atoms with Crippen molar-refractivity contribution in [1.29, 1.82) is 0 Å². The number of aliphatic hydroxyl groups is 1. The molecule has 0 amide bonds. The summed E-state index contributed by atoms with van der Waals surface area (Å²) in [5.41, 5.74) is 2.07. The molecule has 0 spiro atoms. The van der Waals surface area contributed by atoms with Crippen LogP contribution in [0, 0.1) is 0 Å². The lowest BCUT2D eigenvalue weighted by Gasteiger charge is -2.39. The number of rotatable bonds is 8. The molecule has 0 bridgehead atoms. The number of carbonyl (C=O) groups excluding carboxylic acids is 1. The topological polar surface area (TPSA) is 58.6 Å². The van der Waals surface area contributed by atoms with Crippen molar-refractivity contribution in [1.82, 2.24) is 5.32 Å². The Morgan fingerprint density at radius 2 is 1.25 bits per heavy atom. The van der Waals surface area contributed by atoms with Gasteiger partial charge >= 0.3 is 5.97 Å². The number of carbonyl (C=O) groups is 1. The smallest absolute Gasteiger partial charge is 0.325 e. The van der Waals surface area contributed by atoms with Crippen LogP contribution in [0.5, 0.6) is 0 Å². The maximum absolute atomic E-state index is 12.5. The number of aliphatic hydroxyl groups excluding tert-OH is 1. The molecule has 0 fully saturated rings. The van der Waals surface area contributed by atoms with Crippen molar-refractivity contribution in [3.05, 3.63) is 108 Å². The van der Waals surface area contributed by atoms with Crippen LogP contribution >= 0.6 is 0 Å². The summed E-state index contributed by atoms with van der Waals surface area (Å²) in [6.07, 6.45) is 0. The molecule has 1 unspecified atom stereocenters. The highest BCUT2D eigenvalue weighted by molar-refractivity contribution is 5.76. The van der Waals surface area contributed by atoms with Crippen LogP contribution in [0.1, 0.15) is 23.6 Å². The van der Waals surface area contributed by atoms with Crippen LogP contribution in [-0.2, 0) is 15.1 Å². The Morgan fingerprint density at radius 3 is 1.57 bits per heavy atom. The second kappa shape index (κ2) is 9.31. The molecule has 4 heteroatoms. The summed E-state index contributed by atoms with van der Waals surface area (Å²) in [7, 11) is 0. The van der Waals surface area contributed by atoms with Gasteiger partial charge in [-0.2, -0.15) is 0 Å². The van der Waals surface area contributed by atoms with Gasteiger partial charge in [0, 0.05) is 0 Å². The second-order valence-corrected chi connectivity index (χ2v) is 6.48. The van der Waals surface area contributed by atoms with Crippen LogP contribution in [0.4, 0.5) is 0 Å². The molecule has 2 N–H and O–H groups in total. The first-order chi connectivity index (χ1) is 13.7. The zero-order chi connectivity index (χ0) is 19.8. The average Bonchev–Trinajstić information content (AvgIpc) is 2.77. The van der Waals surface area contributed by atoms with E-state index in [1.807, 2.05) is 91.0 Å². The predicted molar refractivity (Wildman–Crippen MR) is 110 cm³/mol. The number of nitrogens with one attached hydrogen (secondary N) is 1. The monoisotopic (exact) mass is 375 g/mol. The average molecular weight is 375 g/mol. The summed E-state index contributed by atoms with van der Waals surface area (Å²) < 4.78 is 5.19. The Hall–Kier alpha value is -2.95. The van der Waals surface area contributed by atoms with Gasteiger partial charge < -0.3 is 9.84 Å². The molecule has 1 atom stereocenters. The molecule has 0 heterocycles. The van der Waals surface area contributed by atoms with Crippen LogP contribution < -0.4 is 5.32 Å². The fourth-order valence-corrected chi connectivity index (χ4v) is 3.50. The molecular formula is C24H25NO3. The number of hydrogen-bond donors (Lipinski definition) is 2. The van der Waals surface area contributed by atoms with Crippen molar-refractivity contribution in [3.8, 4) is 0 Å². The van der Waals surface area contributed by atoms with E-state index in [2.05, 4.69) is 5.32 Å². The minimum atomic E-state index is -0.874. The van der Waals surface area contributed by atoms with Crippen LogP contribution in [-0.4, -0.2) is 30.3 Å². The van der Waals surface area contributed by atoms with Crippen molar-refractivity contribution >= 4 is 5.97 Å². The first-order valence-corrected chi connectivity index (χ1v) is 9.44. The summed E-state index contributed by atoms with van der Waals surface area (Å²) in [6, 6.07) is 28.9. The number of ether oxygens (including phenoxy) is 1. The van der Waals surface area contributed by atoms with Crippen molar-refractivity contribution in [2.45, 2.75) is 18.5 Å². The van der Waals surface area contributed by atoms with E-state index in [1.165, 1.54) is 0 Å². The molecule has 3 aromatic carbocycles. The fourth-order valence-electron chi connectivity index (χ4n) is 3.50. The third-order valence-corrected chi connectivity index (χ3v) is 4.76. The van der Waals surface area contributed by atoms with Gasteiger partial charge in [0.05, 0.1) is 18.8 Å². The van der Waals surface area contributed by atoms with Crippen molar-refractivity contribution in [2.75, 3.05) is 13.2 Å². The van der Waals surface area contributed by atoms with Gasteiger partial charge in [-0.3, -0.25) is 10.1 Å². The second-order valence-electron chi connectivity index (χ2n) is 6.48. The van der Waals surface area contributed by atoms with Gasteiger partial charge in [-0.05, 0) is 23.6 Å². The molecule has 0 saturated carbocycles. The predicted octanol–water partition coefficient (Wildman–Crippen LogP) is 3.49. The van der Waals surface area contributed by atoms with Gasteiger partial charge in [-0.25, -0.2) is 0 Å². The number of esters is 1. The first kappa shape index (κ1) is 19.8. The van der Waals surface area contributed by atoms with Crippen LogP contribution in [0.2, 0.25) is 0 Å². The van der Waals surface area contributed by atoms with Gasteiger partial charge in [-0.1, -0.05) is 91.0 Å². The quantitative estimate of drug-likeness (QED) is 0.467. The maximum Gasteiger partial charge on any atom is 0.325 e. The summed E-state index contributed by atoms with van der Waals surface area (Å²) >= 11 is 0. The molecule has 0 aliphatic carbocycles. The molecule has 3 aromatic rings. The molecule has 4 nitrogen and oxygen atoms in total. The minimum absolute atomic E-state index is 0.256. The van der Waals surface area contributed by atoms with Gasteiger partial charge in [0.1, 0.15) is 6.04 Å². The molecule has 0 radical (unpaired) electrons. The fraction of sp³-hybridized carbons (Fsp3) is 0.208. The highest BCUT2D eigenvalue weighted by Gasteiger charge is 2.39. The molecule has 28 heavy (non-hydrogen) atoms. The van der Waals surface area contributed by atoms with E-state index >= 15 is 0 Å². The largest absolute Gasteiger partial charge is 0.465 e. The summed E-state index contributed by atoms with van der Waals surface area (Å²) in [5.74, 6) is -0.475. The molecular weight excluding hydrogens is 350 g/mol. The molecule has 0 saturated heterocycles. The maximum atomic E-state index is 12.5. The van der Waals surface area contributed by atoms with E-state index in [9.17, 15) is 9.90 Å². The van der Waals surface area contributed by atoms with Crippen molar-refractivity contribution < 1.29 is 14.6 Å². The van der Waals surface area contributed by atoms with E-state index in [0.717, 1.165) is 16.7 Å². The first-order valence-electron chi connectivity index (χ1n) is 9.44. The zero-order valence-corrected chi connectivity index (χ0v) is 15.9. The van der Waals surface area contributed by atoms with Crippen LogP contribution in [0.25, 0.3) is 0 Å². The lowest BCUT2D eigenvalue weighted by atomic mass is 9.76. The van der Waals surface area contributed by atoms with E-state index in [-0.39, 0.29) is 13.2 Å². The lowest BCUT2D eigenvalue weighted by molar-refractivity contribution is -0.147. The molecule has 0 aliphatic heterocycles. The highest BCUT2D eigenvalue weighted by Crippen LogP contribution is 2.37. The van der Waals surface area contributed by atoms with Crippen molar-refractivity contribution in [3.63, 3.8) is 0 Å². The van der Waals surface area contributed by atoms with E-state index in [4.69, 9.17) is 4.74 Å². The Labute approximate surface area is 165 Å². The van der Waals surface area contributed by atoms with Crippen LogP contribution in [0.15, 0.2) is 91.0 Å². The van der Waals surface area contributed by atoms with Crippen LogP contribution in [0.3, 0.4) is 0 Å². The summed E-state index contributed by atoms with van der Waals surface area (Å²) in [5, 5.41) is 13.4. The lowest BCUT2D eigenvalue weighted by Crippen LogP contribution is -2.54. The van der Waals surface area contributed by atoms with E-state index < -0.39 is 17.6 Å². The Kier molecular flexibility index (Phi) is 6.58. The minimum Gasteiger partial charge on any atom is -0.465 e. The molecule has 0 aliphatic rings. The molecule has 0 aromatic heterocycles. The molecule has 144 valence electrons. The Morgan fingerprint density at radius 1 is 0.857 bits per heavy atom.